The van der Waals surface area contributed by atoms with E-state index in [4.69, 9.17) is 9.47 Å². The topological polar surface area (TPSA) is 64.6 Å². The molecular weight excluding hydrogens is 320 g/mol. The summed E-state index contributed by atoms with van der Waals surface area (Å²) in [5.41, 5.74) is -0.539. The Morgan fingerprint density at radius 2 is 1.83 bits per heavy atom. The number of halogens is 2. The van der Waals surface area contributed by atoms with Crippen LogP contribution in [0.1, 0.15) is 16.8 Å². The molecule has 24 heavy (non-hydrogen) atoms. The molecule has 0 aliphatic carbocycles. The van der Waals surface area contributed by atoms with E-state index in [0.717, 1.165) is 12.1 Å². The minimum absolute atomic E-state index is 0.223. The number of amides is 1. The highest BCUT2D eigenvalue weighted by Crippen LogP contribution is 2.21. The Labute approximate surface area is 137 Å². The molecule has 8 heteroatoms. The fourth-order valence-corrected chi connectivity index (χ4v) is 2.52. The van der Waals surface area contributed by atoms with Gasteiger partial charge in [0.25, 0.3) is 5.91 Å². The summed E-state index contributed by atoms with van der Waals surface area (Å²) in [6, 6.07) is 6.56. The zero-order chi connectivity index (χ0) is 17.1. The maximum absolute atomic E-state index is 13.7. The van der Waals surface area contributed by atoms with Crippen molar-refractivity contribution >= 4 is 5.91 Å². The van der Waals surface area contributed by atoms with Gasteiger partial charge in [-0.05, 0) is 12.1 Å². The van der Waals surface area contributed by atoms with Gasteiger partial charge in [0.2, 0.25) is 11.8 Å². The predicted octanol–water partition coefficient (Wildman–Crippen LogP) is 2.06. The van der Waals surface area contributed by atoms with Gasteiger partial charge in [0.05, 0.1) is 13.7 Å². The van der Waals surface area contributed by atoms with Crippen LogP contribution in [-0.4, -0.2) is 47.3 Å². The Balaban J connectivity index is 1.65. The minimum Gasteiger partial charge on any atom is -0.480 e. The molecule has 0 saturated carbocycles. The highest BCUT2D eigenvalue weighted by Gasteiger charge is 2.31. The van der Waals surface area contributed by atoms with Gasteiger partial charge in [0, 0.05) is 25.1 Å². The molecule has 1 aliphatic heterocycles. The molecule has 1 amide bonds. The summed E-state index contributed by atoms with van der Waals surface area (Å²) in [5.74, 6) is -1.76. The second-order valence-corrected chi connectivity index (χ2v) is 5.29. The number of carbonyl (C=O) groups is 1. The highest BCUT2D eigenvalue weighted by atomic mass is 19.1. The summed E-state index contributed by atoms with van der Waals surface area (Å²) in [4.78, 5) is 13.7. The molecular formula is C16H15F2N3O3. The first-order valence-corrected chi connectivity index (χ1v) is 7.36. The lowest BCUT2D eigenvalue weighted by Crippen LogP contribution is -2.32. The van der Waals surface area contributed by atoms with Crippen molar-refractivity contribution in [2.24, 2.45) is 0 Å². The first-order chi connectivity index (χ1) is 11.6. The maximum Gasteiger partial charge on any atom is 0.259 e. The maximum atomic E-state index is 13.7. The second kappa shape index (κ2) is 6.77. The fraction of sp³-hybridized carbons (Fsp3) is 0.312. The molecule has 1 saturated heterocycles. The molecule has 1 fully saturated rings. The third-order valence-electron chi connectivity index (χ3n) is 3.72. The van der Waals surface area contributed by atoms with Crippen LogP contribution in [0.5, 0.6) is 11.8 Å². The van der Waals surface area contributed by atoms with E-state index in [1.807, 2.05) is 0 Å². The van der Waals surface area contributed by atoms with E-state index in [9.17, 15) is 13.6 Å². The van der Waals surface area contributed by atoms with Crippen LogP contribution in [0.25, 0.3) is 0 Å². The third-order valence-corrected chi connectivity index (χ3v) is 3.72. The van der Waals surface area contributed by atoms with Gasteiger partial charge in [-0.15, -0.1) is 10.2 Å². The summed E-state index contributed by atoms with van der Waals surface area (Å²) in [7, 11) is 1.48. The molecule has 1 aliphatic rings. The summed E-state index contributed by atoms with van der Waals surface area (Å²) in [6.45, 7) is 0.571. The number of hydrogen-bond acceptors (Lipinski definition) is 5. The second-order valence-electron chi connectivity index (χ2n) is 5.29. The average molecular weight is 335 g/mol. The fourth-order valence-electron chi connectivity index (χ4n) is 2.52. The van der Waals surface area contributed by atoms with Crippen molar-refractivity contribution < 1.29 is 23.0 Å². The van der Waals surface area contributed by atoms with Crippen LogP contribution in [0, 0.1) is 11.6 Å². The molecule has 0 spiro atoms. The van der Waals surface area contributed by atoms with Crippen LogP contribution < -0.4 is 9.47 Å². The molecule has 3 rings (SSSR count). The summed E-state index contributed by atoms with van der Waals surface area (Å²) >= 11 is 0. The molecule has 126 valence electrons. The molecule has 0 radical (unpaired) electrons. The average Bonchev–Trinajstić information content (AvgIpc) is 3.04. The van der Waals surface area contributed by atoms with Crippen LogP contribution in [-0.2, 0) is 0 Å². The predicted molar refractivity (Wildman–Crippen MR) is 79.9 cm³/mol. The van der Waals surface area contributed by atoms with Crippen molar-refractivity contribution in [3.63, 3.8) is 0 Å². The summed E-state index contributed by atoms with van der Waals surface area (Å²) in [6.07, 6.45) is 0.224. The lowest BCUT2D eigenvalue weighted by atomic mass is 10.1. The van der Waals surface area contributed by atoms with Gasteiger partial charge in [0.15, 0.2) is 0 Å². The first-order valence-electron chi connectivity index (χ1n) is 7.36. The van der Waals surface area contributed by atoms with Crippen molar-refractivity contribution in [1.82, 2.24) is 15.1 Å². The number of benzene rings is 1. The normalized spacial score (nSPS) is 17.0. The van der Waals surface area contributed by atoms with Gasteiger partial charge >= 0.3 is 0 Å². The highest BCUT2D eigenvalue weighted by molar-refractivity contribution is 5.95. The standard InChI is InChI=1S/C16H15F2N3O3/c1-23-13-5-6-14(20-19-13)24-10-7-8-21(9-10)16(22)15-11(17)3-2-4-12(15)18/h2-6,10H,7-9H2,1H3. The number of likely N-dealkylation sites (tertiary alicyclic amines) is 1. The van der Waals surface area contributed by atoms with Crippen LogP contribution in [0.15, 0.2) is 30.3 Å². The summed E-state index contributed by atoms with van der Waals surface area (Å²) in [5, 5.41) is 7.64. The molecule has 1 unspecified atom stereocenters. The van der Waals surface area contributed by atoms with Crippen LogP contribution in [0.4, 0.5) is 8.78 Å². The van der Waals surface area contributed by atoms with E-state index in [2.05, 4.69) is 10.2 Å². The van der Waals surface area contributed by atoms with Gasteiger partial charge in [0.1, 0.15) is 23.3 Å². The zero-order valence-corrected chi connectivity index (χ0v) is 12.9. The minimum atomic E-state index is -0.870. The van der Waals surface area contributed by atoms with Crippen LogP contribution in [0.3, 0.4) is 0 Å². The number of hydrogen-bond donors (Lipinski definition) is 0. The van der Waals surface area contributed by atoms with Crippen LogP contribution >= 0.6 is 0 Å². The number of aromatic nitrogens is 2. The molecule has 0 bridgehead atoms. The molecule has 6 nitrogen and oxygen atoms in total. The van der Waals surface area contributed by atoms with Gasteiger partial charge in [-0.3, -0.25) is 4.79 Å². The van der Waals surface area contributed by atoms with E-state index in [-0.39, 0.29) is 12.6 Å². The Kier molecular flexibility index (Phi) is 4.54. The van der Waals surface area contributed by atoms with Crippen molar-refractivity contribution in [3.8, 4) is 11.8 Å². The third kappa shape index (κ3) is 3.27. The number of methoxy groups -OCH3 is 1. The summed E-state index contributed by atoms with van der Waals surface area (Å²) < 4.78 is 38.0. The quantitative estimate of drug-likeness (QED) is 0.856. The van der Waals surface area contributed by atoms with E-state index < -0.39 is 23.1 Å². The monoisotopic (exact) mass is 335 g/mol. The zero-order valence-electron chi connectivity index (χ0n) is 12.9. The smallest absolute Gasteiger partial charge is 0.259 e. The Hall–Kier alpha value is -2.77. The van der Waals surface area contributed by atoms with E-state index >= 15 is 0 Å². The number of nitrogens with zero attached hydrogens (tertiary/aromatic N) is 3. The Morgan fingerprint density at radius 3 is 2.46 bits per heavy atom. The first kappa shape index (κ1) is 16.1. The SMILES string of the molecule is COc1ccc(OC2CCN(C(=O)c3c(F)cccc3F)C2)nn1. The lowest BCUT2D eigenvalue weighted by molar-refractivity contribution is 0.0761. The number of ether oxygens (including phenoxy) is 2. The van der Waals surface area contributed by atoms with Crippen molar-refractivity contribution in [2.45, 2.75) is 12.5 Å². The largest absolute Gasteiger partial charge is 0.480 e. The van der Waals surface area contributed by atoms with Crippen LogP contribution in [0.2, 0.25) is 0 Å². The van der Waals surface area contributed by atoms with Gasteiger partial charge < -0.3 is 14.4 Å². The molecule has 2 heterocycles. The van der Waals surface area contributed by atoms with E-state index in [1.165, 1.54) is 18.1 Å². The molecule has 1 aromatic heterocycles. The van der Waals surface area contributed by atoms with E-state index in [1.54, 1.807) is 12.1 Å². The van der Waals surface area contributed by atoms with Crippen molar-refractivity contribution in [3.05, 3.63) is 47.5 Å². The van der Waals surface area contributed by atoms with Gasteiger partial charge in [-0.25, -0.2) is 8.78 Å². The molecule has 2 aromatic rings. The number of carbonyl (C=O) groups excluding carboxylic acids is 1. The molecule has 1 aromatic carbocycles. The Morgan fingerprint density at radius 1 is 1.17 bits per heavy atom. The number of rotatable bonds is 4. The molecule has 1 atom stereocenters. The van der Waals surface area contributed by atoms with E-state index in [0.29, 0.717) is 24.7 Å². The van der Waals surface area contributed by atoms with Gasteiger partial charge in [-0.2, -0.15) is 0 Å². The van der Waals surface area contributed by atoms with Crippen molar-refractivity contribution in [1.29, 1.82) is 0 Å². The van der Waals surface area contributed by atoms with Gasteiger partial charge in [-0.1, -0.05) is 6.07 Å². The molecule has 0 N–H and O–H groups in total. The Bertz CT molecular complexity index is 720. The lowest BCUT2D eigenvalue weighted by Gasteiger charge is -2.17. The van der Waals surface area contributed by atoms with Crippen molar-refractivity contribution in [2.75, 3.05) is 20.2 Å².